The van der Waals surface area contributed by atoms with E-state index in [1.54, 1.807) is 0 Å². The highest BCUT2D eigenvalue weighted by molar-refractivity contribution is 6.11. The first-order valence-electron chi connectivity index (χ1n) is 16.7. The lowest BCUT2D eigenvalue weighted by Crippen LogP contribution is -2.11. The molecule has 0 atom stereocenters. The standard InChI is InChI=1S/C37H58O3/c1-5-9-13-17-21-29-27-35(38)31(23-19-15-11-7-3)25-33(29)37(40)34-26-32(24-20-16-12-8-4)36(39)28-30(34)22-18-14-10-6-2/h25-28,38-39H,5-24H2,1-4H3. The molecular weight excluding hydrogens is 492 g/mol. The largest absolute Gasteiger partial charge is 0.508 e. The van der Waals surface area contributed by atoms with E-state index in [1.807, 2.05) is 24.3 Å². The van der Waals surface area contributed by atoms with Crippen molar-refractivity contribution in [1.82, 2.24) is 0 Å². The van der Waals surface area contributed by atoms with Crippen molar-refractivity contribution in [3.63, 3.8) is 0 Å². The number of benzene rings is 2. The van der Waals surface area contributed by atoms with Gasteiger partial charge in [0.05, 0.1) is 0 Å². The zero-order chi connectivity index (χ0) is 29.2. The Morgan fingerprint density at radius 3 is 1.05 bits per heavy atom. The first-order valence-corrected chi connectivity index (χ1v) is 16.7. The molecule has 0 amide bonds. The minimum atomic E-state index is 0.0561. The van der Waals surface area contributed by atoms with Crippen LogP contribution in [-0.2, 0) is 25.7 Å². The molecule has 3 nitrogen and oxygen atoms in total. The molecule has 0 aliphatic heterocycles. The van der Waals surface area contributed by atoms with Gasteiger partial charge in [0.2, 0.25) is 0 Å². The van der Waals surface area contributed by atoms with Crippen LogP contribution in [0.5, 0.6) is 11.5 Å². The highest BCUT2D eigenvalue weighted by atomic mass is 16.3. The number of aromatic hydroxyl groups is 2. The summed E-state index contributed by atoms with van der Waals surface area (Å²) in [6.07, 6.45) is 21.3. The summed E-state index contributed by atoms with van der Waals surface area (Å²) in [5.74, 6) is 0.724. The zero-order valence-electron chi connectivity index (χ0n) is 26.3. The quantitative estimate of drug-likeness (QED) is 0.113. The number of carbonyl (C=O) groups is 1. The van der Waals surface area contributed by atoms with Gasteiger partial charge in [0, 0.05) is 11.1 Å². The fraction of sp³-hybridized carbons (Fsp3) is 0.649. The molecule has 0 fully saturated rings. The molecule has 0 unspecified atom stereocenters. The van der Waals surface area contributed by atoms with Crippen molar-refractivity contribution in [2.45, 2.75) is 156 Å². The van der Waals surface area contributed by atoms with Crippen molar-refractivity contribution >= 4 is 5.78 Å². The molecule has 0 aliphatic rings. The molecular formula is C37H58O3. The molecule has 0 heterocycles. The van der Waals surface area contributed by atoms with Crippen LogP contribution in [-0.4, -0.2) is 16.0 Å². The van der Waals surface area contributed by atoms with Crippen molar-refractivity contribution in [3.05, 3.63) is 57.6 Å². The van der Waals surface area contributed by atoms with Crippen LogP contribution in [0.1, 0.15) is 169 Å². The summed E-state index contributed by atoms with van der Waals surface area (Å²) in [4.78, 5) is 14.4. The van der Waals surface area contributed by atoms with E-state index >= 15 is 0 Å². The monoisotopic (exact) mass is 550 g/mol. The third kappa shape index (κ3) is 11.3. The van der Waals surface area contributed by atoms with Gasteiger partial charge in [-0.2, -0.15) is 0 Å². The maximum Gasteiger partial charge on any atom is 0.193 e. The molecule has 2 aromatic carbocycles. The Morgan fingerprint density at radius 1 is 0.450 bits per heavy atom. The van der Waals surface area contributed by atoms with E-state index in [-0.39, 0.29) is 5.78 Å². The van der Waals surface area contributed by atoms with E-state index < -0.39 is 0 Å². The van der Waals surface area contributed by atoms with Crippen molar-refractivity contribution < 1.29 is 15.0 Å². The second-order valence-corrected chi connectivity index (χ2v) is 11.8. The van der Waals surface area contributed by atoms with Crippen LogP contribution in [0.4, 0.5) is 0 Å². The van der Waals surface area contributed by atoms with E-state index in [0.717, 1.165) is 110 Å². The lowest BCUT2D eigenvalue weighted by Gasteiger charge is -2.17. The summed E-state index contributed by atoms with van der Waals surface area (Å²) in [5.41, 5.74) is 5.20. The normalized spacial score (nSPS) is 11.3. The number of hydrogen-bond donors (Lipinski definition) is 2. The Morgan fingerprint density at radius 2 is 0.750 bits per heavy atom. The third-order valence-electron chi connectivity index (χ3n) is 8.30. The summed E-state index contributed by atoms with van der Waals surface area (Å²) >= 11 is 0. The van der Waals surface area contributed by atoms with E-state index in [1.165, 1.54) is 51.4 Å². The van der Waals surface area contributed by atoms with Gasteiger partial charge in [0.25, 0.3) is 0 Å². The topological polar surface area (TPSA) is 57.5 Å². The molecule has 3 heteroatoms. The minimum Gasteiger partial charge on any atom is -0.508 e. The summed E-state index contributed by atoms with van der Waals surface area (Å²) in [6.45, 7) is 8.83. The van der Waals surface area contributed by atoms with Gasteiger partial charge in [-0.25, -0.2) is 0 Å². The third-order valence-corrected chi connectivity index (χ3v) is 8.30. The Hall–Kier alpha value is -2.29. The van der Waals surface area contributed by atoms with Crippen LogP contribution in [0.15, 0.2) is 24.3 Å². The lowest BCUT2D eigenvalue weighted by atomic mass is 9.87. The lowest BCUT2D eigenvalue weighted by molar-refractivity contribution is 0.103. The smallest absolute Gasteiger partial charge is 0.193 e. The van der Waals surface area contributed by atoms with Crippen molar-refractivity contribution in [3.8, 4) is 11.5 Å². The number of carbonyl (C=O) groups excluding carboxylic acids is 1. The van der Waals surface area contributed by atoms with Gasteiger partial charge >= 0.3 is 0 Å². The number of hydrogen-bond acceptors (Lipinski definition) is 3. The molecule has 0 saturated heterocycles. The summed E-state index contributed by atoms with van der Waals surface area (Å²) < 4.78 is 0. The van der Waals surface area contributed by atoms with Crippen molar-refractivity contribution in [2.75, 3.05) is 0 Å². The van der Waals surface area contributed by atoms with Crippen LogP contribution in [0, 0.1) is 0 Å². The molecule has 0 bridgehead atoms. The van der Waals surface area contributed by atoms with E-state index in [2.05, 4.69) is 27.7 Å². The van der Waals surface area contributed by atoms with Crippen LogP contribution < -0.4 is 0 Å². The first kappa shape index (κ1) is 33.9. The Balaban J connectivity index is 2.47. The Bertz CT molecular complexity index is 927. The maximum atomic E-state index is 14.4. The van der Waals surface area contributed by atoms with Crippen LogP contribution in [0.3, 0.4) is 0 Å². The van der Waals surface area contributed by atoms with Crippen LogP contribution in [0.25, 0.3) is 0 Å². The summed E-state index contributed by atoms with van der Waals surface area (Å²) in [5, 5.41) is 21.9. The van der Waals surface area contributed by atoms with Crippen molar-refractivity contribution in [1.29, 1.82) is 0 Å². The van der Waals surface area contributed by atoms with Gasteiger partial charge in [-0.1, -0.05) is 105 Å². The first-order chi connectivity index (χ1) is 19.5. The molecule has 0 aromatic heterocycles. The molecule has 2 rings (SSSR count). The summed E-state index contributed by atoms with van der Waals surface area (Å²) in [7, 11) is 0. The second-order valence-electron chi connectivity index (χ2n) is 11.8. The number of rotatable bonds is 22. The minimum absolute atomic E-state index is 0.0561. The van der Waals surface area contributed by atoms with E-state index in [4.69, 9.17) is 0 Å². The summed E-state index contributed by atoms with van der Waals surface area (Å²) in [6, 6.07) is 7.74. The van der Waals surface area contributed by atoms with Gasteiger partial charge in [-0.15, -0.1) is 0 Å². The number of phenols is 2. The highest BCUT2D eigenvalue weighted by Crippen LogP contribution is 2.32. The molecule has 2 N–H and O–H groups in total. The van der Waals surface area contributed by atoms with Gasteiger partial charge in [-0.05, 0) is 97.9 Å². The SMILES string of the molecule is CCCCCCc1cc(C(=O)c2cc(CCCCCC)c(O)cc2CCCCCC)c(CCCCCC)cc1O. The van der Waals surface area contributed by atoms with Gasteiger partial charge in [0.15, 0.2) is 5.78 Å². The highest BCUT2D eigenvalue weighted by Gasteiger charge is 2.21. The average Bonchev–Trinajstić information content (AvgIpc) is 2.95. The molecule has 2 aromatic rings. The van der Waals surface area contributed by atoms with Crippen LogP contribution in [0.2, 0.25) is 0 Å². The number of phenolic OH excluding ortho intramolecular Hbond substituents is 2. The average molecular weight is 551 g/mol. The predicted octanol–water partition coefficient (Wildman–Crippen LogP) is 10.8. The number of ketones is 1. The van der Waals surface area contributed by atoms with E-state index in [0.29, 0.717) is 11.5 Å². The predicted molar refractivity (Wildman–Crippen MR) is 171 cm³/mol. The van der Waals surface area contributed by atoms with E-state index in [9.17, 15) is 15.0 Å². The van der Waals surface area contributed by atoms with Gasteiger partial charge < -0.3 is 10.2 Å². The molecule has 0 aliphatic carbocycles. The Kier molecular flexibility index (Phi) is 16.7. The fourth-order valence-corrected chi connectivity index (χ4v) is 5.70. The Labute approximate surface area is 245 Å². The zero-order valence-corrected chi connectivity index (χ0v) is 26.3. The second kappa shape index (κ2) is 19.7. The molecule has 0 spiro atoms. The molecule has 0 saturated carbocycles. The maximum absolute atomic E-state index is 14.4. The molecule has 40 heavy (non-hydrogen) atoms. The number of aryl methyl sites for hydroxylation is 4. The van der Waals surface area contributed by atoms with Gasteiger partial charge in [-0.3, -0.25) is 4.79 Å². The fourth-order valence-electron chi connectivity index (χ4n) is 5.70. The molecule has 224 valence electrons. The van der Waals surface area contributed by atoms with Gasteiger partial charge in [0.1, 0.15) is 11.5 Å². The van der Waals surface area contributed by atoms with Crippen LogP contribution >= 0.6 is 0 Å². The number of unbranched alkanes of at least 4 members (excludes halogenated alkanes) is 12. The molecule has 0 radical (unpaired) electrons. The van der Waals surface area contributed by atoms with Crippen molar-refractivity contribution in [2.24, 2.45) is 0 Å².